The van der Waals surface area contributed by atoms with Gasteiger partial charge in [-0.05, 0) is 33.1 Å². The molecule has 6 nitrogen and oxygen atoms in total. The molecule has 100 valence electrons. The summed E-state index contributed by atoms with van der Waals surface area (Å²) in [5.41, 5.74) is 0. The zero-order chi connectivity index (χ0) is 12.9. The van der Waals surface area contributed by atoms with Crippen molar-refractivity contribution in [1.29, 1.82) is 0 Å². The minimum absolute atomic E-state index is 0.312. The Bertz CT molecular complexity index is 194. The minimum atomic E-state index is -0.643. The normalized spacial score (nSPS) is 9.53. The summed E-state index contributed by atoms with van der Waals surface area (Å²) in [6, 6.07) is 0. The van der Waals surface area contributed by atoms with Gasteiger partial charge in [-0.3, -0.25) is 0 Å². The molecule has 0 bridgehead atoms. The molecule has 0 aromatic heterocycles. The SMILES string of the molecule is CCOC(=O)OCCCCCOC(=O)OCC. The highest BCUT2D eigenvalue weighted by atomic mass is 16.7. The van der Waals surface area contributed by atoms with E-state index in [1.54, 1.807) is 13.8 Å². The summed E-state index contributed by atoms with van der Waals surface area (Å²) in [5, 5.41) is 0. The average molecular weight is 248 g/mol. The third kappa shape index (κ3) is 10.8. The number of carbonyl (C=O) groups is 2. The van der Waals surface area contributed by atoms with Crippen LogP contribution in [0.5, 0.6) is 0 Å². The van der Waals surface area contributed by atoms with E-state index >= 15 is 0 Å². The molecule has 6 heteroatoms. The summed E-state index contributed by atoms with van der Waals surface area (Å²) in [7, 11) is 0. The van der Waals surface area contributed by atoms with Crippen molar-refractivity contribution in [3.05, 3.63) is 0 Å². The number of ether oxygens (including phenoxy) is 4. The molecule has 0 saturated heterocycles. The molecule has 0 aliphatic rings. The summed E-state index contributed by atoms with van der Waals surface area (Å²) in [6.45, 7) is 4.69. The number of hydrogen-bond donors (Lipinski definition) is 0. The molecule has 0 aliphatic carbocycles. The predicted octanol–water partition coefficient (Wildman–Crippen LogP) is 2.50. The zero-order valence-electron chi connectivity index (χ0n) is 10.4. The molecular formula is C11H20O6. The van der Waals surface area contributed by atoms with Gasteiger partial charge >= 0.3 is 12.3 Å². The van der Waals surface area contributed by atoms with Crippen LogP contribution in [0.2, 0.25) is 0 Å². The molecule has 0 unspecified atom stereocenters. The zero-order valence-corrected chi connectivity index (χ0v) is 10.4. The van der Waals surface area contributed by atoms with Crippen molar-refractivity contribution in [2.75, 3.05) is 26.4 Å². The molecule has 17 heavy (non-hydrogen) atoms. The summed E-state index contributed by atoms with van der Waals surface area (Å²) < 4.78 is 18.7. The maximum atomic E-state index is 10.8. The van der Waals surface area contributed by atoms with Crippen LogP contribution in [-0.4, -0.2) is 38.7 Å². The largest absolute Gasteiger partial charge is 0.508 e. The molecule has 0 N–H and O–H groups in total. The Morgan fingerprint density at radius 3 is 1.47 bits per heavy atom. The Balaban J connectivity index is 3.18. The van der Waals surface area contributed by atoms with Crippen molar-refractivity contribution >= 4 is 12.3 Å². The Labute approximate surface area is 101 Å². The molecule has 0 aliphatic heterocycles. The van der Waals surface area contributed by atoms with Gasteiger partial charge in [0.15, 0.2) is 0 Å². The third-order valence-corrected chi connectivity index (χ3v) is 1.75. The molecule has 0 saturated carbocycles. The van der Waals surface area contributed by atoms with E-state index in [2.05, 4.69) is 9.47 Å². The first-order valence-corrected chi connectivity index (χ1v) is 5.79. The monoisotopic (exact) mass is 248 g/mol. The first-order valence-electron chi connectivity index (χ1n) is 5.79. The molecule has 0 fully saturated rings. The van der Waals surface area contributed by atoms with E-state index in [0.29, 0.717) is 39.3 Å². The lowest BCUT2D eigenvalue weighted by molar-refractivity contribution is 0.0538. The second kappa shape index (κ2) is 11.0. The summed E-state index contributed by atoms with van der Waals surface area (Å²) in [4.78, 5) is 21.5. The number of unbranched alkanes of at least 4 members (excludes halogenated alkanes) is 2. The van der Waals surface area contributed by atoms with Gasteiger partial charge in [-0.25, -0.2) is 9.59 Å². The van der Waals surface area contributed by atoms with Gasteiger partial charge in [-0.15, -0.1) is 0 Å². The Kier molecular flexibility index (Phi) is 10.1. The standard InChI is InChI=1S/C11H20O6/c1-3-14-10(12)16-8-6-5-7-9-17-11(13)15-4-2/h3-9H2,1-2H3. The predicted molar refractivity (Wildman–Crippen MR) is 59.8 cm³/mol. The van der Waals surface area contributed by atoms with E-state index in [1.807, 2.05) is 0 Å². The molecule has 0 aromatic rings. The van der Waals surface area contributed by atoms with Gasteiger partial charge in [0.1, 0.15) is 0 Å². The maximum Gasteiger partial charge on any atom is 0.508 e. The Morgan fingerprint density at radius 2 is 1.12 bits per heavy atom. The fourth-order valence-electron chi connectivity index (χ4n) is 1.01. The first kappa shape index (κ1) is 15.5. The van der Waals surface area contributed by atoms with Crippen LogP contribution in [0.4, 0.5) is 9.59 Å². The highest BCUT2D eigenvalue weighted by molar-refractivity contribution is 5.59. The topological polar surface area (TPSA) is 71.1 Å². The Morgan fingerprint density at radius 1 is 0.706 bits per heavy atom. The minimum Gasteiger partial charge on any atom is -0.435 e. The van der Waals surface area contributed by atoms with Gasteiger partial charge in [0.05, 0.1) is 26.4 Å². The smallest absolute Gasteiger partial charge is 0.435 e. The van der Waals surface area contributed by atoms with Crippen LogP contribution in [-0.2, 0) is 18.9 Å². The number of rotatable bonds is 8. The molecule has 0 atom stereocenters. The quantitative estimate of drug-likeness (QED) is 0.485. The van der Waals surface area contributed by atoms with Crippen LogP contribution in [0.15, 0.2) is 0 Å². The fourth-order valence-corrected chi connectivity index (χ4v) is 1.01. The van der Waals surface area contributed by atoms with Gasteiger partial charge < -0.3 is 18.9 Å². The van der Waals surface area contributed by atoms with Crippen LogP contribution < -0.4 is 0 Å². The van der Waals surface area contributed by atoms with E-state index < -0.39 is 12.3 Å². The van der Waals surface area contributed by atoms with Crippen molar-refractivity contribution in [3.63, 3.8) is 0 Å². The second-order valence-electron chi connectivity index (χ2n) is 3.12. The summed E-state index contributed by atoms with van der Waals surface area (Å²) in [5.74, 6) is 0. The van der Waals surface area contributed by atoms with Gasteiger partial charge in [0.2, 0.25) is 0 Å². The highest BCUT2D eigenvalue weighted by Gasteiger charge is 2.02. The number of hydrogen-bond acceptors (Lipinski definition) is 6. The average Bonchev–Trinajstić information content (AvgIpc) is 2.28. The van der Waals surface area contributed by atoms with Gasteiger partial charge in [0.25, 0.3) is 0 Å². The van der Waals surface area contributed by atoms with E-state index in [9.17, 15) is 9.59 Å². The van der Waals surface area contributed by atoms with Crippen molar-refractivity contribution in [2.45, 2.75) is 33.1 Å². The summed E-state index contributed by atoms with van der Waals surface area (Å²) in [6.07, 6.45) is 0.944. The first-order chi connectivity index (χ1) is 8.20. The van der Waals surface area contributed by atoms with E-state index in [1.165, 1.54) is 0 Å². The van der Waals surface area contributed by atoms with Gasteiger partial charge in [-0.1, -0.05) is 0 Å². The molecule has 0 rings (SSSR count). The number of carbonyl (C=O) groups excluding carboxylic acids is 2. The van der Waals surface area contributed by atoms with Gasteiger partial charge in [0, 0.05) is 0 Å². The molecule has 0 amide bonds. The molecule has 0 radical (unpaired) electrons. The third-order valence-electron chi connectivity index (χ3n) is 1.75. The van der Waals surface area contributed by atoms with Crippen molar-refractivity contribution in [2.24, 2.45) is 0 Å². The molecule has 0 spiro atoms. The molecule has 0 aromatic carbocycles. The van der Waals surface area contributed by atoms with Crippen LogP contribution >= 0.6 is 0 Å². The van der Waals surface area contributed by atoms with E-state index in [0.717, 1.165) is 6.42 Å². The highest BCUT2D eigenvalue weighted by Crippen LogP contribution is 1.98. The lowest BCUT2D eigenvalue weighted by atomic mass is 10.2. The maximum absolute atomic E-state index is 10.8. The van der Waals surface area contributed by atoms with Crippen LogP contribution in [0.3, 0.4) is 0 Å². The van der Waals surface area contributed by atoms with Crippen molar-refractivity contribution in [1.82, 2.24) is 0 Å². The van der Waals surface area contributed by atoms with E-state index in [4.69, 9.17) is 9.47 Å². The molecule has 0 heterocycles. The van der Waals surface area contributed by atoms with Crippen LogP contribution in [0, 0.1) is 0 Å². The van der Waals surface area contributed by atoms with Gasteiger partial charge in [-0.2, -0.15) is 0 Å². The molecular weight excluding hydrogens is 228 g/mol. The van der Waals surface area contributed by atoms with Crippen molar-refractivity contribution in [3.8, 4) is 0 Å². The van der Waals surface area contributed by atoms with Crippen molar-refractivity contribution < 1.29 is 28.5 Å². The Hall–Kier alpha value is -1.46. The lowest BCUT2D eigenvalue weighted by Crippen LogP contribution is -2.09. The summed E-state index contributed by atoms with van der Waals surface area (Å²) >= 11 is 0. The fraction of sp³-hybridized carbons (Fsp3) is 0.818. The van der Waals surface area contributed by atoms with E-state index in [-0.39, 0.29) is 0 Å². The second-order valence-corrected chi connectivity index (χ2v) is 3.12. The van der Waals surface area contributed by atoms with Crippen LogP contribution in [0.1, 0.15) is 33.1 Å². The lowest BCUT2D eigenvalue weighted by Gasteiger charge is -2.05. The van der Waals surface area contributed by atoms with Crippen LogP contribution in [0.25, 0.3) is 0 Å².